The molecule has 0 spiro atoms. The maximum Gasteiger partial charge on any atom is 0.308 e. The summed E-state index contributed by atoms with van der Waals surface area (Å²) in [5.41, 5.74) is 0. The number of ether oxygens (including phenoxy) is 5. The van der Waals surface area contributed by atoms with Crippen LogP contribution in [-0.4, -0.2) is 56.7 Å². The van der Waals surface area contributed by atoms with Gasteiger partial charge in [0.15, 0.2) is 6.10 Å². The van der Waals surface area contributed by atoms with Crippen molar-refractivity contribution >= 4 is 79.7 Å². The zero-order valence-electron chi connectivity index (χ0n) is 18.6. The van der Waals surface area contributed by atoms with E-state index in [-0.39, 0.29) is 30.4 Å². The fourth-order valence-electron chi connectivity index (χ4n) is 2.88. The normalized spacial score (nSPS) is 21.0. The van der Waals surface area contributed by atoms with Crippen molar-refractivity contribution in [3.8, 4) is 5.75 Å². The van der Waals surface area contributed by atoms with E-state index in [0.717, 1.165) is 16.5 Å². The van der Waals surface area contributed by atoms with E-state index in [1.807, 2.05) is 0 Å². The highest BCUT2D eigenvalue weighted by molar-refractivity contribution is 14.1. The number of carbonyl (C=O) groups is 2. The maximum atomic E-state index is 12.3. The van der Waals surface area contributed by atoms with Crippen LogP contribution in [0.15, 0.2) is 12.1 Å². The van der Waals surface area contributed by atoms with Gasteiger partial charge in [-0.25, -0.2) is 0 Å². The third kappa shape index (κ3) is 8.69. The van der Waals surface area contributed by atoms with Gasteiger partial charge in [-0.15, -0.1) is 0 Å². The average Bonchev–Trinajstić information content (AvgIpc) is 2.70. The first kappa shape index (κ1) is 28.3. The fraction of sp³-hybridized carbons (Fsp3) is 0.636. The molecule has 0 bridgehead atoms. The summed E-state index contributed by atoms with van der Waals surface area (Å²) in [5, 5.41) is 0. The fourth-order valence-corrected chi connectivity index (χ4v) is 6.77. The number of halogens is 3. The lowest BCUT2D eigenvalue weighted by atomic mass is 10.0. The van der Waals surface area contributed by atoms with Gasteiger partial charge in [0.1, 0.15) is 24.6 Å². The predicted molar refractivity (Wildman–Crippen MR) is 145 cm³/mol. The zero-order chi connectivity index (χ0) is 23.8. The van der Waals surface area contributed by atoms with Crippen LogP contribution in [0.1, 0.15) is 34.1 Å². The van der Waals surface area contributed by atoms with Crippen LogP contribution in [0.4, 0.5) is 0 Å². The molecule has 3 atom stereocenters. The minimum atomic E-state index is -0.708. The Labute approximate surface area is 230 Å². The van der Waals surface area contributed by atoms with Crippen molar-refractivity contribution in [3.05, 3.63) is 22.8 Å². The molecule has 1 aliphatic rings. The van der Waals surface area contributed by atoms with Gasteiger partial charge in [-0.05, 0) is 79.9 Å². The summed E-state index contributed by atoms with van der Waals surface area (Å²) >= 11 is 6.79. The molecule has 0 saturated carbocycles. The Bertz CT molecular complexity index is 762. The summed E-state index contributed by atoms with van der Waals surface area (Å²) < 4.78 is 32.0. The standard InChI is InChI=1S/C22H29I3O7/c1-12(2)21(26)31-17-5-6-29-18(20(17)32-22(27)13(3)4)11-28-7-8-30-19-15(24)9-14(23)10-16(19)25/h9-10,12-13,17-18,20H,5-8,11H2,1-4H3/t17-,18-,20+/m1/s1. The van der Waals surface area contributed by atoms with Gasteiger partial charge >= 0.3 is 11.9 Å². The van der Waals surface area contributed by atoms with Crippen LogP contribution in [0.3, 0.4) is 0 Å². The molecular weight excluding hydrogens is 757 g/mol. The van der Waals surface area contributed by atoms with Crippen LogP contribution in [0, 0.1) is 22.5 Å². The summed E-state index contributed by atoms with van der Waals surface area (Å²) in [4.78, 5) is 24.4. The molecule has 1 fully saturated rings. The van der Waals surface area contributed by atoms with Crippen molar-refractivity contribution in [2.24, 2.45) is 11.8 Å². The summed E-state index contributed by atoms with van der Waals surface area (Å²) in [6.45, 7) is 8.39. The van der Waals surface area contributed by atoms with Crippen molar-refractivity contribution in [2.45, 2.75) is 52.4 Å². The van der Waals surface area contributed by atoms with Crippen LogP contribution < -0.4 is 4.74 Å². The van der Waals surface area contributed by atoms with Gasteiger partial charge in [-0.2, -0.15) is 0 Å². The second-order valence-electron chi connectivity index (χ2n) is 8.01. The van der Waals surface area contributed by atoms with Gasteiger partial charge in [0.05, 0.1) is 38.8 Å². The second-order valence-corrected chi connectivity index (χ2v) is 11.6. The summed E-state index contributed by atoms with van der Waals surface area (Å²) in [7, 11) is 0. The Morgan fingerprint density at radius 2 is 1.59 bits per heavy atom. The van der Waals surface area contributed by atoms with Gasteiger partial charge in [-0.3, -0.25) is 9.59 Å². The molecule has 1 saturated heterocycles. The molecule has 0 aliphatic carbocycles. The maximum absolute atomic E-state index is 12.3. The molecule has 1 aromatic rings. The largest absolute Gasteiger partial charge is 0.489 e. The van der Waals surface area contributed by atoms with Crippen LogP contribution >= 0.6 is 67.8 Å². The molecule has 0 radical (unpaired) electrons. The molecule has 0 aromatic heterocycles. The molecular formula is C22H29I3O7. The molecule has 1 aliphatic heterocycles. The van der Waals surface area contributed by atoms with E-state index in [9.17, 15) is 9.59 Å². The Morgan fingerprint density at radius 3 is 2.19 bits per heavy atom. The smallest absolute Gasteiger partial charge is 0.308 e. The number of rotatable bonds is 10. The number of hydrogen-bond acceptors (Lipinski definition) is 7. The quantitative estimate of drug-likeness (QED) is 0.191. The number of hydrogen-bond donors (Lipinski definition) is 0. The average molecular weight is 786 g/mol. The van der Waals surface area contributed by atoms with E-state index in [2.05, 4.69) is 79.9 Å². The molecule has 1 aromatic carbocycles. The lowest BCUT2D eigenvalue weighted by Crippen LogP contribution is -2.51. The van der Waals surface area contributed by atoms with E-state index in [1.165, 1.54) is 0 Å². The highest BCUT2D eigenvalue weighted by atomic mass is 127. The predicted octanol–water partition coefficient (Wildman–Crippen LogP) is 4.82. The summed E-state index contributed by atoms with van der Waals surface area (Å²) in [6, 6.07) is 4.11. The summed E-state index contributed by atoms with van der Waals surface area (Å²) in [5.74, 6) is -0.404. The first-order valence-corrected chi connectivity index (χ1v) is 13.7. The van der Waals surface area contributed by atoms with Gasteiger partial charge < -0.3 is 23.7 Å². The number of benzene rings is 1. The Hall–Kier alpha value is 0.0700. The molecule has 0 N–H and O–H groups in total. The summed E-state index contributed by atoms with van der Waals surface area (Å²) in [6.07, 6.45) is -1.31. The molecule has 2 rings (SSSR count). The van der Waals surface area contributed by atoms with Crippen LogP contribution in [0.25, 0.3) is 0 Å². The number of carbonyl (C=O) groups excluding carboxylic acids is 2. The Morgan fingerprint density at radius 1 is 1.00 bits per heavy atom. The second kappa shape index (κ2) is 13.8. The molecule has 32 heavy (non-hydrogen) atoms. The van der Waals surface area contributed by atoms with Gasteiger partial charge in [-0.1, -0.05) is 27.7 Å². The zero-order valence-corrected chi connectivity index (χ0v) is 25.0. The topological polar surface area (TPSA) is 80.3 Å². The van der Waals surface area contributed by atoms with Crippen LogP contribution in [0.2, 0.25) is 0 Å². The van der Waals surface area contributed by atoms with E-state index in [4.69, 9.17) is 23.7 Å². The van der Waals surface area contributed by atoms with E-state index in [0.29, 0.717) is 26.2 Å². The first-order valence-electron chi connectivity index (χ1n) is 10.5. The van der Waals surface area contributed by atoms with Gasteiger partial charge in [0.2, 0.25) is 0 Å². The molecule has 0 unspecified atom stereocenters. The van der Waals surface area contributed by atoms with Crippen LogP contribution in [0.5, 0.6) is 5.75 Å². The monoisotopic (exact) mass is 786 g/mol. The molecule has 0 amide bonds. The van der Waals surface area contributed by atoms with Gasteiger partial charge in [0, 0.05) is 9.99 Å². The third-order valence-electron chi connectivity index (χ3n) is 4.65. The lowest BCUT2D eigenvalue weighted by molar-refractivity contribution is -0.205. The van der Waals surface area contributed by atoms with E-state index >= 15 is 0 Å². The SMILES string of the molecule is CC(C)C(=O)O[C@@H]1[C@@H](COCCOc2c(I)cc(I)cc2I)OCC[C@H]1OC(=O)C(C)C. The van der Waals surface area contributed by atoms with Crippen molar-refractivity contribution in [3.63, 3.8) is 0 Å². The minimum Gasteiger partial charge on any atom is -0.489 e. The third-order valence-corrected chi connectivity index (χ3v) is 6.87. The van der Waals surface area contributed by atoms with Crippen LogP contribution in [-0.2, 0) is 28.5 Å². The highest BCUT2D eigenvalue weighted by Gasteiger charge is 2.40. The molecule has 180 valence electrons. The highest BCUT2D eigenvalue weighted by Crippen LogP contribution is 2.29. The minimum absolute atomic E-state index is 0.204. The van der Waals surface area contributed by atoms with Crippen molar-refractivity contribution in [1.82, 2.24) is 0 Å². The molecule has 10 heteroatoms. The first-order chi connectivity index (χ1) is 15.1. The molecule has 1 heterocycles. The van der Waals surface area contributed by atoms with E-state index < -0.39 is 18.3 Å². The Balaban J connectivity index is 1.93. The molecule has 7 nitrogen and oxygen atoms in total. The van der Waals surface area contributed by atoms with E-state index in [1.54, 1.807) is 27.7 Å². The van der Waals surface area contributed by atoms with Gasteiger partial charge in [0.25, 0.3) is 0 Å². The van der Waals surface area contributed by atoms with Crippen molar-refractivity contribution in [1.29, 1.82) is 0 Å². The lowest BCUT2D eigenvalue weighted by Gasteiger charge is -2.37. The van der Waals surface area contributed by atoms with Crippen molar-refractivity contribution in [2.75, 3.05) is 26.4 Å². The Kier molecular flexibility index (Phi) is 12.2. The number of esters is 2. The van der Waals surface area contributed by atoms with Crippen molar-refractivity contribution < 1.29 is 33.3 Å².